The summed E-state index contributed by atoms with van der Waals surface area (Å²) in [6.45, 7) is 5.14. The number of amides is 2. The Labute approximate surface area is 180 Å². The van der Waals surface area contributed by atoms with Gasteiger partial charge in [0.25, 0.3) is 0 Å². The number of likely N-dealkylation sites (tertiary alicyclic amines) is 2. The van der Waals surface area contributed by atoms with Crippen LogP contribution < -0.4 is 0 Å². The number of nitrogens with zero attached hydrogens (tertiary/aromatic N) is 4. The average Bonchev–Trinajstić information content (AvgIpc) is 3.45. The molecule has 2 amide bonds. The highest BCUT2D eigenvalue weighted by Crippen LogP contribution is 2.28. The van der Waals surface area contributed by atoms with Crippen LogP contribution in [0.3, 0.4) is 0 Å². The number of carbonyl (C=O) groups is 2. The number of carbonyl (C=O) groups excluding carboxylic acids is 2. The van der Waals surface area contributed by atoms with Crippen molar-refractivity contribution < 1.29 is 9.59 Å². The molecule has 3 heterocycles. The maximum Gasteiger partial charge on any atom is 0.224 e. The lowest BCUT2D eigenvalue weighted by Crippen LogP contribution is -2.44. The molecule has 6 nitrogen and oxygen atoms in total. The molecule has 0 spiro atoms. The van der Waals surface area contributed by atoms with Gasteiger partial charge in [0, 0.05) is 57.5 Å². The summed E-state index contributed by atoms with van der Waals surface area (Å²) in [5.74, 6) is 0.925. The highest BCUT2D eigenvalue weighted by molar-refractivity contribution is 5.80. The molecule has 2 aliphatic heterocycles. The van der Waals surface area contributed by atoms with E-state index in [2.05, 4.69) is 9.88 Å². The molecule has 0 bridgehead atoms. The number of hydrogen-bond acceptors (Lipinski definition) is 4. The van der Waals surface area contributed by atoms with Gasteiger partial charge in [-0.15, -0.1) is 0 Å². The zero-order chi connectivity index (χ0) is 20.8. The van der Waals surface area contributed by atoms with Crippen molar-refractivity contribution in [1.82, 2.24) is 19.7 Å². The van der Waals surface area contributed by atoms with Gasteiger partial charge >= 0.3 is 0 Å². The summed E-state index contributed by atoms with van der Waals surface area (Å²) in [7, 11) is 0. The van der Waals surface area contributed by atoms with Gasteiger partial charge in [-0.05, 0) is 62.7 Å². The highest BCUT2D eigenvalue weighted by atomic mass is 16.2. The first-order valence-corrected chi connectivity index (χ1v) is 11.9. The van der Waals surface area contributed by atoms with Gasteiger partial charge in [0.1, 0.15) is 0 Å². The minimum absolute atomic E-state index is 0.164. The monoisotopic (exact) mass is 412 g/mol. The van der Waals surface area contributed by atoms with E-state index in [4.69, 9.17) is 0 Å². The van der Waals surface area contributed by atoms with Crippen LogP contribution in [0.5, 0.6) is 0 Å². The summed E-state index contributed by atoms with van der Waals surface area (Å²) in [6.07, 6.45) is 13.5. The maximum atomic E-state index is 13.1. The van der Waals surface area contributed by atoms with Crippen molar-refractivity contribution in [2.75, 3.05) is 32.7 Å². The van der Waals surface area contributed by atoms with Gasteiger partial charge in [-0.2, -0.15) is 0 Å². The largest absolute Gasteiger partial charge is 0.342 e. The van der Waals surface area contributed by atoms with Crippen LogP contribution in [0.15, 0.2) is 24.5 Å². The van der Waals surface area contributed by atoms with E-state index < -0.39 is 0 Å². The van der Waals surface area contributed by atoms with Gasteiger partial charge in [-0.25, -0.2) is 0 Å². The van der Waals surface area contributed by atoms with E-state index in [0.717, 1.165) is 31.1 Å². The molecule has 1 aliphatic carbocycles. The SMILES string of the molecule is O=C1CCCN1CCC(=O)N(Cc1cccnc1)CC1CCN(C2CCCC2)CC1. The molecule has 6 heteroatoms. The molecule has 3 aliphatic rings. The van der Waals surface area contributed by atoms with Crippen molar-refractivity contribution in [1.29, 1.82) is 0 Å². The number of pyridine rings is 1. The van der Waals surface area contributed by atoms with Crippen molar-refractivity contribution in [3.8, 4) is 0 Å². The van der Waals surface area contributed by atoms with Crippen molar-refractivity contribution >= 4 is 11.8 Å². The second-order valence-corrected chi connectivity index (χ2v) is 9.29. The minimum Gasteiger partial charge on any atom is -0.342 e. The van der Waals surface area contributed by atoms with Crippen LogP contribution in [0, 0.1) is 5.92 Å². The summed E-state index contributed by atoms with van der Waals surface area (Å²) in [6, 6.07) is 4.78. The first-order chi connectivity index (χ1) is 14.7. The van der Waals surface area contributed by atoms with Crippen LogP contribution in [0.4, 0.5) is 0 Å². The lowest BCUT2D eigenvalue weighted by atomic mass is 9.94. The quantitative estimate of drug-likeness (QED) is 0.658. The smallest absolute Gasteiger partial charge is 0.224 e. The normalized spacial score (nSPS) is 21.5. The van der Waals surface area contributed by atoms with Gasteiger partial charge in [0.15, 0.2) is 0 Å². The first kappa shape index (κ1) is 21.3. The zero-order valence-electron chi connectivity index (χ0n) is 18.2. The summed E-state index contributed by atoms with van der Waals surface area (Å²) >= 11 is 0. The van der Waals surface area contributed by atoms with Gasteiger partial charge < -0.3 is 14.7 Å². The third-order valence-corrected chi connectivity index (χ3v) is 7.18. The van der Waals surface area contributed by atoms with E-state index in [1.165, 1.54) is 51.6 Å². The molecule has 0 radical (unpaired) electrons. The third kappa shape index (κ3) is 5.60. The zero-order valence-corrected chi connectivity index (χ0v) is 18.2. The first-order valence-electron chi connectivity index (χ1n) is 11.9. The Hall–Kier alpha value is -1.95. The minimum atomic E-state index is 0.164. The molecule has 164 valence electrons. The lowest BCUT2D eigenvalue weighted by Gasteiger charge is -2.38. The fraction of sp³-hybridized carbons (Fsp3) is 0.708. The van der Waals surface area contributed by atoms with Gasteiger partial charge in [0.05, 0.1) is 0 Å². The molecule has 0 atom stereocenters. The Kier molecular flexibility index (Phi) is 7.37. The van der Waals surface area contributed by atoms with E-state index in [1.54, 1.807) is 6.20 Å². The fourth-order valence-corrected chi connectivity index (χ4v) is 5.38. The van der Waals surface area contributed by atoms with E-state index in [-0.39, 0.29) is 11.8 Å². The molecule has 4 rings (SSSR count). The van der Waals surface area contributed by atoms with Crippen LogP contribution in [0.2, 0.25) is 0 Å². The van der Waals surface area contributed by atoms with Crippen molar-refractivity contribution in [2.24, 2.45) is 5.92 Å². The van der Waals surface area contributed by atoms with Crippen molar-refractivity contribution in [3.05, 3.63) is 30.1 Å². The van der Waals surface area contributed by atoms with Crippen LogP contribution >= 0.6 is 0 Å². The molecule has 1 aromatic rings. The van der Waals surface area contributed by atoms with E-state index in [9.17, 15) is 9.59 Å². The molecule has 3 fully saturated rings. The summed E-state index contributed by atoms with van der Waals surface area (Å²) in [5.41, 5.74) is 1.08. The molecule has 0 N–H and O–H groups in total. The summed E-state index contributed by atoms with van der Waals surface area (Å²) in [4.78, 5) is 35.8. The highest BCUT2D eigenvalue weighted by Gasteiger charge is 2.29. The van der Waals surface area contributed by atoms with Gasteiger partial charge in [-0.1, -0.05) is 18.9 Å². The van der Waals surface area contributed by atoms with Crippen LogP contribution in [-0.4, -0.2) is 70.3 Å². The van der Waals surface area contributed by atoms with E-state index in [1.807, 2.05) is 28.1 Å². The molecule has 30 heavy (non-hydrogen) atoms. The molecular formula is C24H36N4O2. The maximum absolute atomic E-state index is 13.1. The van der Waals surface area contributed by atoms with E-state index >= 15 is 0 Å². The lowest BCUT2D eigenvalue weighted by molar-refractivity contribution is -0.134. The Morgan fingerprint density at radius 1 is 1.10 bits per heavy atom. The Morgan fingerprint density at radius 3 is 2.57 bits per heavy atom. The van der Waals surface area contributed by atoms with Crippen molar-refractivity contribution in [3.63, 3.8) is 0 Å². The van der Waals surface area contributed by atoms with Gasteiger partial charge in [-0.3, -0.25) is 14.6 Å². The molecule has 1 aromatic heterocycles. The molecule has 0 aromatic carbocycles. The molecule has 1 saturated carbocycles. The fourth-order valence-electron chi connectivity index (χ4n) is 5.38. The molecule has 2 saturated heterocycles. The Bertz CT molecular complexity index is 696. The molecular weight excluding hydrogens is 376 g/mol. The van der Waals surface area contributed by atoms with Crippen LogP contribution in [-0.2, 0) is 16.1 Å². The van der Waals surface area contributed by atoms with Gasteiger partial charge in [0.2, 0.25) is 11.8 Å². The summed E-state index contributed by atoms with van der Waals surface area (Å²) < 4.78 is 0. The third-order valence-electron chi connectivity index (χ3n) is 7.18. The average molecular weight is 413 g/mol. The number of rotatable bonds is 8. The summed E-state index contributed by atoms with van der Waals surface area (Å²) in [5, 5.41) is 0. The second kappa shape index (κ2) is 10.4. The second-order valence-electron chi connectivity index (χ2n) is 9.29. The predicted molar refractivity (Wildman–Crippen MR) is 117 cm³/mol. The predicted octanol–water partition coefficient (Wildman–Crippen LogP) is 3.08. The standard InChI is InChI=1S/C24H36N4O2/c29-23-8-4-13-27(23)16-11-24(30)28(19-21-5-3-12-25-17-21)18-20-9-14-26(15-10-20)22-6-1-2-7-22/h3,5,12,17,20,22H,1-2,4,6-11,13-16,18-19H2. The van der Waals surface area contributed by atoms with Crippen LogP contribution in [0.1, 0.15) is 63.4 Å². The molecule has 0 unspecified atom stereocenters. The Morgan fingerprint density at radius 2 is 1.90 bits per heavy atom. The van der Waals surface area contributed by atoms with Crippen LogP contribution in [0.25, 0.3) is 0 Å². The Balaban J connectivity index is 1.32. The number of piperidine rings is 1. The number of hydrogen-bond donors (Lipinski definition) is 0. The van der Waals surface area contributed by atoms with E-state index in [0.29, 0.717) is 31.8 Å². The topological polar surface area (TPSA) is 56.8 Å². The number of aromatic nitrogens is 1. The van der Waals surface area contributed by atoms with Crippen molar-refractivity contribution in [2.45, 2.75) is 70.4 Å².